The van der Waals surface area contributed by atoms with E-state index in [0.29, 0.717) is 13.1 Å². The molecule has 2 aromatic rings. The second kappa shape index (κ2) is 11.2. The third-order valence-electron chi connectivity index (χ3n) is 5.07. The highest BCUT2D eigenvalue weighted by molar-refractivity contribution is 14.0. The zero-order valence-electron chi connectivity index (χ0n) is 17.1. The van der Waals surface area contributed by atoms with Crippen LogP contribution >= 0.6 is 24.0 Å². The molecule has 2 heterocycles. The van der Waals surface area contributed by atoms with Crippen LogP contribution in [0.15, 0.2) is 35.6 Å². The highest BCUT2D eigenvalue weighted by Crippen LogP contribution is 2.23. The van der Waals surface area contributed by atoms with Gasteiger partial charge in [-0.2, -0.15) is 5.10 Å². The van der Waals surface area contributed by atoms with Gasteiger partial charge >= 0.3 is 0 Å². The predicted octanol–water partition coefficient (Wildman–Crippen LogP) is 2.92. The van der Waals surface area contributed by atoms with Gasteiger partial charge in [0.15, 0.2) is 5.96 Å². The monoisotopic (exact) mass is 497 g/mol. The summed E-state index contributed by atoms with van der Waals surface area (Å²) in [4.78, 5) is 11.4. The Morgan fingerprint density at radius 3 is 2.50 bits per heavy atom. The highest BCUT2D eigenvalue weighted by atomic mass is 127. The van der Waals surface area contributed by atoms with Gasteiger partial charge in [0.2, 0.25) is 0 Å². The van der Waals surface area contributed by atoms with Gasteiger partial charge in [-0.15, -0.1) is 24.0 Å². The van der Waals surface area contributed by atoms with E-state index in [1.165, 1.54) is 24.1 Å². The van der Waals surface area contributed by atoms with Crippen LogP contribution in [0.2, 0.25) is 0 Å². The lowest BCUT2D eigenvalue weighted by molar-refractivity contribution is 0.438. The van der Waals surface area contributed by atoms with Gasteiger partial charge in [-0.1, -0.05) is 19.1 Å². The highest BCUT2D eigenvalue weighted by Gasteiger charge is 2.15. The fourth-order valence-corrected chi connectivity index (χ4v) is 3.23. The summed E-state index contributed by atoms with van der Waals surface area (Å²) in [5.74, 6) is 2.52. The number of aryl methyl sites for hydroxylation is 1. The Morgan fingerprint density at radius 1 is 1.18 bits per heavy atom. The lowest BCUT2D eigenvalue weighted by Gasteiger charge is -2.32. The molecule has 0 radical (unpaired) electrons. The number of benzene rings is 1. The maximum absolute atomic E-state index is 4.69. The third-order valence-corrected chi connectivity index (χ3v) is 5.07. The van der Waals surface area contributed by atoms with Crippen molar-refractivity contribution in [2.24, 2.45) is 18.0 Å². The van der Waals surface area contributed by atoms with Crippen LogP contribution in [-0.4, -0.2) is 40.4 Å². The van der Waals surface area contributed by atoms with Crippen molar-refractivity contribution >= 4 is 35.6 Å². The summed E-state index contributed by atoms with van der Waals surface area (Å²) in [6.07, 6.45) is 4.14. The zero-order chi connectivity index (χ0) is 19.1. The largest absolute Gasteiger partial charge is 0.372 e. The summed E-state index contributed by atoms with van der Waals surface area (Å²) >= 11 is 0. The molecular weight excluding hydrogens is 465 g/mol. The molecule has 0 amide bonds. The van der Waals surface area contributed by atoms with E-state index < -0.39 is 0 Å². The van der Waals surface area contributed by atoms with Crippen LogP contribution in [0.5, 0.6) is 0 Å². The van der Waals surface area contributed by atoms with Crippen LogP contribution in [0, 0.1) is 5.92 Å². The molecule has 0 atom stereocenters. The first-order valence-corrected chi connectivity index (χ1v) is 9.84. The van der Waals surface area contributed by atoms with Crippen molar-refractivity contribution in [3.8, 4) is 0 Å². The van der Waals surface area contributed by atoms with Crippen LogP contribution < -0.4 is 15.5 Å². The van der Waals surface area contributed by atoms with Crippen LogP contribution in [0.1, 0.15) is 38.1 Å². The average molecular weight is 497 g/mol. The van der Waals surface area contributed by atoms with Gasteiger partial charge in [0, 0.05) is 32.4 Å². The smallest absolute Gasteiger partial charge is 0.191 e. The Bertz CT molecular complexity index is 733. The molecule has 0 bridgehead atoms. The first kappa shape index (κ1) is 22.4. The second-order valence-electron chi connectivity index (χ2n) is 7.18. The minimum absolute atomic E-state index is 0. The minimum Gasteiger partial charge on any atom is -0.372 e. The van der Waals surface area contributed by atoms with Gasteiger partial charge in [-0.25, -0.2) is 9.98 Å². The van der Waals surface area contributed by atoms with Gasteiger partial charge in [0.05, 0.1) is 13.1 Å². The Labute approximate surface area is 185 Å². The molecule has 154 valence electrons. The quantitative estimate of drug-likeness (QED) is 0.365. The SMILES string of the molecule is CCNC(=NCc1ccc(N2CCC(C)CC2)cc1)NCc1ncnn1C.I. The summed E-state index contributed by atoms with van der Waals surface area (Å²) in [5.41, 5.74) is 2.53. The molecule has 0 unspecified atom stereocenters. The molecule has 1 aromatic heterocycles. The number of nitrogens with one attached hydrogen (secondary N) is 2. The number of hydrogen-bond acceptors (Lipinski definition) is 4. The summed E-state index contributed by atoms with van der Waals surface area (Å²) in [6, 6.07) is 8.81. The van der Waals surface area contributed by atoms with Crippen LogP contribution in [0.4, 0.5) is 5.69 Å². The topological polar surface area (TPSA) is 70.4 Å². The van der Waals surface area contributed by atoms with Crippen molar-refractivity contribution in [3.05, 3.63) is 42.0 Å². The number of halogens is 1. The van der Waals surface area contributed by atoms with E-state index in [1.807, 2.05) is 7.05 Å². The van der Waals surface area contributed by atoms with E-state index in [9.17, 15) is 0 Å². The van der Waals surface area contributed by atoms with Gasteiger partial charge in [0.1, 0.15) is 12.2 Å². The van der Waals surface area contributed by atoms with E-state index in [2.05, 4.69) is 68.7 Å². The summed E-state index contributed by atoms with van der Waals surface area (Å²) < 4.78 is 1.76. The number of aliphatic imine (C=N–C) groups is 1. The van der Waals surface area contributed by atoms with E-state index >= 15 is 0 Å². The van der Waals surface area contributed by atoms with E-state index in [1.54, 1.807) is 11.0 Å². The van der Waals surface area contributed by atoms with Crippen LogP contribution in [0.25, 0.3) is 0 Å². The van der Waals surface area contributed by atoms with Crippen molar-refractivity contribution < 1.29 is 0 Å². The molecule has 0 aliphatic carbocycles. The number of guanidine groups is 1. The van der Waals surface area contributed by atoms with Crippen molar-refractivity contribution in [1.29, 1.82) is 0 Å². The first-order valence-electron chi connectivity index (χ1n) is 9.84. The summed E-state index contributed by atoms with van der Waals surface area (Å²) in [7, 11) is 1.89. The summed E-state index contributed by atoms with van der Waals surface area (Å²) in [6.45, 7) is 8.79. The standard InChI is InChI=1S/C20H31N7.HI/c1-4-21-20(23-14-19-24-15-25-26(19)3)22-13-17-5-7-18(8-6-17)27-11-9-16(2)10-12-27;/h5-8,15-16H,4,9-14H2,1-3H3,(H2,21,22,23);1H. The maximum atomic E-state index is 4.69. The normalized spacial score (nSPS) is 15.2. The molecule has 28 heavy (non-hydrogen) atoms. The fraction of sp³-hybridized carbons (Fsp3) is 0.550. The number of anilines is 1. The van der Waals surface area contributed by atoms with Crippen LogP contribution in [-0.2, 0) is 20.1 Å². The Hall–Kier alpha value is -1.84. The molecule has 0 spiro atoms. The van der Waals surface area contributed by atoms with Crippen molar-refractivity contribution in [3.63, 3.8) is 0 Å². The van der Waals surface area contributed by atoms with Gasteiger partial charge < -0.3 is 15.5 Å². The molecule has 1 aliphatic rings. The predicted molar refractivity (Wildman–Crippen MR) is 125 cm³/mol. The van der Waals surface area contributed by atoms with Gasteiger partial charge in [-0.05, 0) is 43.4 Å². The Morgan fingerprint density at radius 2 is 1.89 bits per heavy atom. The maximum Gasteiger partial charge on any atom is 0.191 e. The summed E-state index contributed by atoms with van der Waals surface area (Å²) in [5, 5.41) is 10.7. The lowest BCUT2D eigenvalue weighted by atomic mass is 9.99. The molecule has 1 fully saturated rings. The Balaban J connectivity index is 0.00000280. The average Bonchev–Trinajstić information content (AvgIpc) is 3.10. The number of nitrogens with zero attached hydrogens (tertiary/aromatic N) is 5. The number of rotatable bonds is 6. The first-order chi connectivity index (χ1) is 13.2. The zero-order valence-corrected chi connectivity index (χ0v) is 19.4. The third kappa shape index (κ3) is 6.35. The van der Waals surface area contributed by atoms with E-state index in [0.717, 1.165) is 37.3 Å². The minimum atomic E-state index is 0. The molecule has 0 saturated carbocycles. The van der Waals surface area contributed by atoms with E-state index in [4.69, 9.17) is 0 Å². The molecule has 1 aliphatic heterocycles. The fourth-order valence-electron chi connectivity index (χ4n) is 3.23. The second-order valence-corrected chi connectivity index (χ2v) is 7.18. The molecule has 1 aromatic carbocycles. The van der Waals surface area contributed by atoms with Crippen molar-refractivity contribution in [1.82, 2.24) is 25.4 Å². The van der Waals surface area contributed by atoms with Gasteiger partial charge in [0.25, 0.3) is 0 Å². The van der Waals surface area contributed by atoms with Gasteiger partial charge in [-0.3, -0.25) is 4.68 Å². The lowest BCUT2D eigenvalue weighted by Crippen LogP contribution is -2.37. The van der Waals surface area contributed by atoms with Crippen LogP contribution in [0.3, 0.4) is 0 Å². The van der Waals surface area contributed by atoms with E-state index in [-0.39, 0.29) is 24.0 Å². The molecule has 1 saturated heterocycles. The molecule has 2 N–H and O–H groups in total. The number of aromatic nitrogens is 3. The van der Waals surface area contributed by atoms with Crippen molar-refractivity contribution in [2.75, 3.05) is 24.5 Å². The van der Waals surface area contributed by atoms with Crippen molar-refractivity contribution in [2.45, 2.75) is 39.8 Å². The number of piperidine rings is 1. The molecule has 7 nitrogen and oxygen atoms in total. The number of hydrogen-bond donors (Lipinski definition) is 2. The molecular formula is C20H32IN7. The Kier molecular flexibility index (Phi) is 9.01. The molecule has 8 heteroatoms. The molecule has 3 rings (SSSR count).